The van der Waals surface area contributed by atoms with Crippen LogP contribution >= 0.6 is 0 Å². The van der Waals surface area contributed by atoms with Crippen molar-refractivity contribution in [3.63, 3.8) is 0 Å². The van der Waals surface area contributed by atoms with Gasteiger partial charge in [0.1, 0.15) is 0 Å². The van der Waals surface area contributed by atoms with Crippen molar-refractivity contribution in [3.8, 4) is 0 Å². The maximum absolute atomic E-state index is 12.4. The van der Waals surface area contributed by atoms with Crippen LogP contribution in [0.15, 0.2) is 24.3 Å². The van der Waals surface area contributed by atoms with Crippen molar-refractivity contribution in [1.82, 2.24) is 5.32 Å². The van der Waals surface area contributed by atoms with Crippen LogP contribution in [0.25, 0.3) is 0 Å². The number of benzene rings is 1. The number of quaternary nitrogens is 1. The number of carbonyl (C=O) groups excluding carboxylic acids is 3. The molecule has 0 heterocycles. The van der Waals surface area contributed by atoms with Gasteiger partial charge in [-0.3, -0.25) is 14.4 Å². The molecule has 1 unspecified atom stereocenters. The minimum absolute atomic E-state index is 0.0549. The van der Waals surface area contributed by atoms with Gasteiger partial charge in [0.05, 0.1) is 7.05 Å². The van der Waals surface area contributed by atoms with E-state index in [9.17, 15) is 14.4 Å². The molecule has 1 rings (SSSR count). The third kappa shape index (κ3) is 6.50. The SMILES string of the molecule is CC(=O)c1cccc(NC(=O)[C@H](C)[NH+](C)CC(=O)NC(C)(C)C)c1. The van der Waals surface area contributed by atoms with Gasteiger partial charge in [0.15, 0.2) is 18.4 Å². The topological polar surface area (TPSA) is 79.7 Å². The Morgan fingerprint density at radius 2 is 1.83 bits per heavy atom. The molecule has 0 saturated heterocycles. The number of Topliss-reactive ketones (excluding diaryl/α,β-unsaturated/α-hetero) is 1. The minimum Gasteiger partial charge on any atom is -0.347 e. The van der Waals surface area contributed by atoms with Crippen LogP contribution in [0.5, 0.6) is 0 Å². The van der Waals surface area contributed by atoms with Crippen molar-refractivity contribution in [3.05, 3.63) is 29.8 Å². The first-order valence-electron chi connectivity index (χ1n) is 8.05. The van der Waals surface area contributed by atoms with Crippen molar-refractivity contribution >= 4 is 23.3 Å². The molecule has 24 heavy (non-hydrogen) atoms. The summed E-state index contributed by atoms with van der Waals surface area (Å²) in [5, 5.41) is 5.68. The fourth-order valence-corrected chi connectivity index (χ4v) is 2.16. The maximum Gasteiger partial charge on any atom is 0.282 e. The van der Waals surface area contributed by atoms with E-state index in [1.807, 2.05) is 20.8 Å². The molecular weight excluding hydrogens is 306 g/mol. The van der Waals surface area contributed by atoms with Crippen LogP contribution in [0.2, 0.25) is 0 Å². The first-order chi connectivity index (χ1) is 11.0. The number of rotatable bonds is 6. The van der Waals surface area contributed by atoms with E-state index in [2.05, 4.69) is 10.6 Å². The van der Waals surface area contributed by atoms with Crippen LogP contribution in [0.4, 0.5) is 5.69 Å². The molecule has 0 radical (unpaired) electrons. The zero-order valence-corrected chi connectivity index (χ0v) is 15.3. The molecule has 2 amide bonds. The van der Waals surface area contributed by atoms with Crippen molar-refractivity contribution in [2.24, 2.45) is 0 Å². The molecule has 0 fully saturated rings. The Labute approximate surface area is 143 Å². The van der Waals surface area contributed by atoms with E-state index < -0.39 is 6.04 Å². The van der Waals surface area contributed by atoms with Gasteiger partial charge in [-0.1, -0.05) is 12.1 Å². The number of anilines is 1. The molecule has 2 atom stereocenters. The molecule has 0 saturated carbocycles. The normalized spacial score (nSPS) is 13.8. The summed E-state index contributed by atoms with van der Waals surface area (Å²) in [6.07, 6.45) is 0. The second-order valence-corrected chi connectivity index (χ2v) is 7.17. The number of carbonyl (C=O) groups is 3. The Morgan fingerprint density at radius 1 is 1.21 bits per heavy atom. The summed E-state index contributed by atoms with van der Waals surface area (Å²) in [6.45, 7) is 9.20. The third-order valence-corrected chi connectivity index (χ3v) is 3.62. The number of ketones is 1. The van der Waals surface area contributed by atoms with E-state index in [1.165, 1.54) is 6.92 Å². The van der Waals surface area contributed by atoms with Gasteiger partial charge in [-0.15, -0.1) is 0 Å². The van der Waals surface area contributed by atoms with Crippen molar-refractivity contribution in [1.29, 1.82) is 0 Å². The Balaban J connectivity index is 2.65. The zero-order chi connectivity index (χ0) is 18.5. The van der Waals surface area contributed by atoms with Gasteiger partial charge in [-0.2, -0.15) is 0 Å². The van der Waals surface area contributed by atoms with Gasteiger partial charge in [-0.25, -0.2) is 0 Å². The van der Waals surface area contributed by atoms with Gasteiger partial charge < -0.3 is 15.5 Å². The van der Waals surface area contributed by atoms with Crippen molar-refractivity contribution < 1.29 is 19.3 Å². The van der Waals surface area contributed by atoms with Gasteiger partial charge in [-0.05, 0) is 46.8 Å². The van der Waals surface area contributed by atoms with Gasteiger partial charge in [0.2, 0.25) is 0 Å². The average molecular weight is 334 g/mol. The van der Waals surface area contributed by atoms with Crippen LogP contribution in [-0.4, -0.2) is 42.8 Å². The number of hydrogen-bond donors (Lipinski definition) is 3. The smallest absolute Gasteiger partial charge is 0.282 e. The van der Waals surface area contributed by atoms with Gasteiger partial charge >= 0.3 is 0 Å². The van der Waals surface area contributed by atoms with E-state index in [-0.39, 0.29) is 29.7 Å². The largest absolute Gasteiger partial charge is 0.347 e. The summed E-state index contributed by atoms with van der Waals surface area (Å²) < 4.78 is 0. The Bertz CT molecular complexity index is 620. The fourth-order valence-electron chi connectivity index (χ4n) is 2.16. The monoisotopic (exact) mass is 334 g/mol. The lowest BCUT2D eigenvalue weighted by Gasteiger charge is -2.24. The van der Waals surface area contributed by atoms with Crippen LogP contribution in [0.3, 0.4) is 0 Å². The van der Waals surface area contributed by atoms with Crippen LogP contribution in [-0.2, 0) is 9.59 Å². The fraction of sp³-hybridized carbons (Fsp3) is 0.500. The Morgan fingerprint density at radius 3 is 2.38 bits per heavy atom. The molecule has 0 aromatic heterocycles. The Hall–Kier alpha value is -2.21. The predicted molar refractivity (Wildman–Crippen MR) is 94.2 cm³/mol. The highest BCUT2D eigenvalue weighted by Gasteiger charge is 2.25. The first kappa shape index (κ1) is 19.8. The standard InChI is InChI=1S/C18H27N3O3/c1-12(21(6)11-16(23)20-18(3,4)5)17(24)19-15-9-7-8-14(10-15)13(2)22/h7-10,12H,11H2,1-6H3,(H,19,24)(H,20,23)/p+1/t12-/m0/s1. The van der Waals surface area contributed by atoms with E-state index in [0.717, 1.165) is 4.90 Å². The maximum atomic E-state index is 12.4. The highest BCUT2D eigenvalue weighted by molar-refractivity contribution is 5.98. The van der Waals surface area contributed by atoms with E-state index >= 15 is 0 Å². The summed E-state index contributed by atoms with van der Waals surface area (Å²) in [5.74, 6) is -0.351. The molecule has 1 aromatic rings. The second-order valence-electron chi connectivity index (χ2n) is 7.17. The van der Waals surface area contributed by atoms with E-state index in [4.69, 9.17) is 0 Å². The lowest BCUT2D eigenvalue weighted by atomic mass is 10.1. The molecule has 1 aromatic carbocycles. The van der Waals surface area contributed by atoms with E-state index in [0.29, 0.717) is 11.3 Å². The molecule has 6 nitrogen and oxygen atoms in total. The third-order valence-electron chi connectivity index (χ3n) is 3.62. The molecule has 0 bridgehead atoms. The molecular formula is C18H28N3O3+. The van der Waals surface area contributed by atoms with Crippen LogP contribution in [0, 0.1) is 0 Å². The quantitative estimate of drug-likeness (QED) is 0.668. The zero-order valence-electron chi connectivity index (χ0n) is 15.3. The van der Waals surface area contributed by atoms with Crippen LogP contribution < -0.4 is 15.5 Å². The highest BCUT2D eigenvalue weighted by Crippen LogP contribution is 2.11. The molecule has 0 aliphatic rings. The highest BCUT2D eigenvalue weighted by atomic mass is 16.2. The molecule has 0 spiro atoms. The van der Waals surface area contributed by atoms with E-state index in [1.54, 1.807) is 38.2 Å². The lowest BCUT2D eigenvalue weighted by Crippen LogP contribution is -3.15. The molecule has 0 aliphatic carbocycles. The van der Waals surface area contributed by atoms with Crippen LogP contribution in [0.1, 0.15) is 45.0 Å². The number of amides is 2. The first-order valence-corrected chi connectivity index (χ1v) is 8.05. The minimum atomic E-state index is -0.406. The second kappa shape index (κ2) is 8.06. The van der Waals surface area contributed by atoms with Crippen molar-refractivity contribution in [2.45, 2.75) is 46.2 Å². The van der Waals surface area contributed by atoms with Crippen molar-refractivity contribution in [2.75, 3.05) is 18.9 Å². The predicted octanol–water partition coefficient (Wildman–Crippen LogP) is 0.646. The number of hydrogen-bond acceptors (Lipinski definition) is 3. The van der Waals surface area contributed by atoms with Gasteiger partial charge in [0.25, 0.3) is 11.8 Å². The summed E-state index contributed by atoms with van der Waals surface area (Å²) in [7, 11) is 1.80. The summed E-state index contributed by atoms with van der Waals surface area (Å²) >= 11 is 0. The summed E-state index contributed by atoms with van der Waals surface area (Å²) in [5.41, 5.74) is 0.827. The summed E-state index contributed by atoms with van der Waals surface area (Å²) in [6, 6.07) is 6.41. The van der Waals surface area contributed by atoms with Gasteiger partial charge in [0, 0.05) is 16.8 Å². The Kier molecular flexibility index (Phi) is 6.66. The molecule has 132 valence electrons. The molecule has 0 aliphatic heterocycles. The number of likely N-dealkylation sites (N-methyl/N-ethyl adjacent to an activating group) is 1. The molecule has 3 N–H and O–H groups in total. The molecule has 6 heteroatoms. The average Bonchev–Trinajstić information content (AvgIpc) is 2.44. The number of nitrogens with one attached hydrogen (secondary N) is 3. The lowest BCUT2D eigenvalue weighted by molar-refractivity contribution is -0.885. The summed E-state index contributed by atoms with van der Waals surface area (Å²) in [4.78, 5) is 36.5.